The fourth-order valence-electron chi connectivity index (χ4n) is 4.65. The van der Waals surface area contributed by atoms with Gasteiger partial charge in [-0.1, -0.05) is 48.6 Å². The lowest BCUT2D eigenvalue weighted by Crippen LogP contribution is -2.40. The molecule has 132 valence electrons. The first-order chi connectivity index (χ1) is 12.6. The van der Waals surface area contributed by atoms with E-state index in [1.165, 1.54) is 0 Å². The summed E-state index contributed by atoms with van der Waals surface area (Å²) in [5.74, 6) is -1.49. The van der Waals surface area contributed by atoms with Crippen molar-refractivity contribution in [3.8, 4) is 0 Å². The number of benzene rings is 2. The summed E-state index contributed by atoms with van der Waals surface area (Å²) in [4.78, 5) is 27.6. The van der Waals surface area contributed by atoms with Crippen molar-refractivity contribution in [3.63, 3.8) is 0 Å². The lowest BCUT2D eigenvalue weighted by Gasteiger charge is -2.22. The van der Waals surface area contributed by atoms with E-state index < -0.39 is 17.4 Å². The molecule has 0 N–H and O–H groups in total. The van der Waals surface area contributed by atoms with Crippen LogP contribution in [0.3, 0.4) is 0 Å². The summed E-state index contributed by atoms with van der Waals surface area (Å²) >= 11 is 0. The lowest BCUT2D eigenvalue weighted by atomic mass is 9.77. The SMILES string of the molecule is CCOC(=O)[C@@H]1[C@@H]2C=C[C@@]3(CN(c4cccc5ccccc45)C(=O)[C@@H]13)O2. The van der Waals surface area contributed by atoms with E-state index in [1.807, 2.05) is 54.6 Å². The summed E-state index contributed by atoms with van der Waals surface area (Å²) in [5, 5.41) is 2.10. The molecule has 3 aliphatic rings. The molecule has 26 heavy (non-hydrogen) atoms. The van der Waals surface area contributed by atoms with Crippen LogP contribution < -0.4 is 4.90 Å². The number of fused-ring (bicyclic) bond motifs is 2. The number of esters is 1. The third-order valence-electron chi connectivity index (χ3n) is 5.72. The number of hydrogen-bond acceptors (Lipinski definition) is 4. The van der Waals surface area contributed by atoms with Gasteiger partial charge in [-0.3, -0.25) is 9.59 Å². The Bertz CT molecular complexity index is 947. The van der Waals surface area contributed by atoms with Gasteiger partial charge in [0.05, 0.1) is 30.9 Å². The fraction of sp³-hybridized carbons (Fsp3) is 0.333. The molecule has 5 rings (SSSR count). The minimum atomic E-state index is -0.726. The molecule has 5 heteroatoms. The molecule has 0 saturated carbocycles. The molecule has 5 nitrogen and oxygen atoms in total. The maximum absolute atomic E-state index is 13.3. The number of anilines is 1. The van der Waals surface area contributed by atoms with Gasteiger partial charge in [0, 0.05) is 5.39 Å². The van der Waals surface area contributed by atoms with Crippen LogP contribution in [0.25, 0.3) is 10.8 Å². The van der Waals surface area contributed by atoms with Gasteiger partial charge in [0.1, 0.15) is 11.5 Å². The highest BCUT2D eigenvalue weighted by molar-refractivity contribution is 6.08. The molecule has 3 heterocycles. The topological polar surface area (TPSA) is 55.8 Å². The van der Waals surface area contributed by atoms with Gasteiger partial charge in [0.2, 0.25) is 5.91 Å². The van der Waals surface area contributed by atoms with E-state index >= 15 is 0 Å². The van der Waals surface area contributed by atoms with Crippen molar-refractivity contribution in [2.24, 2.45) is 11.8 Å². The maximum Gasteiger partial charge on any atom is 0.312 e. The Labute approximate surface area is 151 Å². The molecule has 2 fully saturated rings. The molecule has 2 saturated heterocycles. The van der Waals surface area contributed by atoms with E-state index in [0.717, 1.165) is 16.5 Å². The van der Waals surface area contributed by atoms with Crippen molar-refractivity contribution in [2.75, 3.05) is 18.1 Å². The molecular weight excluding hydrogens is 330 g/mol. The number of amides is 1. The summed E-state index contributed by atoms with van der Waals surface area (Å²) in [6.45, 7) is 2.50. The second-order valence-corrected chi connectivity index (χ2v) is 7.07. The van der Waals surface area contributed by atoms with Crippen molar-refractivity contribution in [1.29, 1.82) is 0 Å². The Balaban J connectivity index is 1.58. The minimum absolute atomic E-state index is 0.0637. The monoisotopic (exact) mass is 349 g/mol. The first-order valence-electron chi connectivity index (χ1n) is 8.97. The van der Waals surface area contributed by atoms with Crippen molar-refractivity contribution in [2.45, 2.75) is 18.6 Å². The van der Waals surface area contributed by atoms with Gasteiger partial charge in [0.25, 0.3) is 0 Å². The average Bonchev–Trinajstić information content (AvgIpc) is 3.30. The summed E-state index contributed by atoms with van der Waals surface area (Å²) < 4.78 is 11.3. The molecule has 0 radical (unpaired) electrons. The van der Waals surface area contributed by atoms with Crippen molar-refractivity contribution < 1.29 is 19.1 Å². The number of carbonyl (C=O) groups is 2. The highest BCUT2D eigenvalue weighted by atomic mass is 16.6. The Morgan fingerprint density at radius 2 is 2.08 bits per heavy atom. The molecule has 0 aliphatic carbocycles. The van der Waals surface area contributed by atoms with Gasteiger partial charge < -0.3 is 14.4 Å². The molecular formula is C21H19NO4. The Hall–Kier alpha value is -2.66. The van der Waals surface area contributed by atoms with E-state index in [-0.39, 0.29) is 18.0 Å². The highest BCUT2D eigenvalue weighted by Crippen LogP contribution is 2.53. The predicted octanol–water partition coefficient (Wildman–Crippen LogP) is 2.69. The number of ether oxygens (including phenoxy) is 2. The molecule has 3 aliphatic heterocycles. The second kappa shape index (κ2) is 5.42. The summed E-state index contributed by atoms with van der Waals surface area (Å²) in [6.07, 6.45) is 3.50. The smallest absolute Gasteiger partial charge is 0.312 e. The van der Waals surface area contributed by atoms with Crippen LogP contribution in [0.4, 0.5) is 5.69 Å². The van der Waals surface area contributed by atoms with Gasteiger partial charge in [-0.2, -0.15) is 0 Å². The molecule has 0 unspecified atom stereocenters. The first-order valence-corrected chi connectivity index (χ1v) is 8.97. The Kier molecular flexibility index (Phi) is 3.25. The number of hydrogen-bond donors (Lipinski definition) is 0. The van der Waals surface area contributed by atoms with E-state index in [2.05, 4.69) is 0 Å². The average molecular weight is 349 g/mol. The van der Waals surface area contributed by atoms with E-state index in [1.54, 1.807) is 11.8 Å². The van der Waals surface area contributed by atoms with Gasteiger partial charge in [-0.05, 0) is 18.4 Å². The van der Waals surface area contributed by atoms with Gasteiger partial charge in [-0.25, -0.2) is 0 Å². The number of nitrogens with zero attached hydrogens (tertiary/aromatic N) is 1. The Morgan fingerprint density at radius 3 is 2.92 bits per heavy atom. The zero-order valence-corrected chi connectivity index (χ0v) is 14.4. The van der Waals surface area contributed by atoms with Crippen LogP contribution >= 0.6 is 0 Å². The van der Waals surface area contributed by atoms with E-state index in [0.29, 0.717) is 13.2 Å². The van der Waals surface area contributed by atoms with Gasteiger partial charge in [-0.15, -0.1) is 0 Å². The second-order valence-electron chi connectivity index (χ2n) is 7.07. The summed E-state index contributed by atoms with van der Waals surface area (Å²) in [7, 11) is 0. The lowest BCUT2D eigenvalue weighted by molar-refractivity contribution is -0.151. The van der Waals surface area contributed by atoms with Gasteiger partial charge in [0.15, 0.2) is 0 Å². The van der Waals surface area contributed by atoms with Crippen LogP contribution in [-0.2, 0) is 19.1 Å². The highest BCUT2D eigenvalue weighted by Gasteiger charge is 2.67. The third-order valence-corrected chi connectivity index (χ3v) is 5.72. The predicted molar refractivity (Wildman–Crippen MR) is 96.7 cm³/mol. The van der Waals surface area contributed by atoms with Crippen LogP contribution in [0, 0.1) is 11.8 Å². The van der Waals surface area contributed by atoms with Crippen molar-refractivity contribution in [3.05, 3.63) is 54.6 Å². The minimum Gasteiger partial charge on any atom is -0.466 e. The van der Waals surface area contributed by atoms with E-state index in [4.69, 9.17) is 9.47 Å². The van der Waals surface area contributed by atoms with Crippen LogP contribution in [0.5, 0.6) is 0 Å². The first kappa shape index (κ1) is 15.6. The maximum atomic E-state index is 13.3. The zero-order chi connectivity index (χ0) is 17.9. The van der Waals surface area contributed by atoms with Crippen LogP contribution in [-0.4, -0.2) is 36.7 Å². The van der Waals surface area contributed by atoms with Crippen molar-refractivity contribution in [1.82, 2.24) is 0 Å². The van der Waals surface area contributed by atoms with Crippen LogP contribution in [0.2, 0.25) is 0 Å². The van der Waals surface area contributed by atoms with E-state index in [9.17, 15) is 9.59 Å². The third kappa shape index (κ3) is 1.95. The quantitative estimate of drug-likeness (QED) is 0.631. The van der Waals surface area contributed by atoms with Crippen LogP contribution in [0.1, 0.15) is 6.92 Å². The standard InChI is InChI=1S/C21H19NO4/c1-2-25-20(24)17-16-10-11-21(26-16)12-22(19(23)18(17)21)15-9-5-7-13-6-3-4-8-14(13)15/h3-11,16-18H,2,12H2,1H3/t16-,17+,18+,21-/m0/s1. The fourth-order valence-corrected chi connectivity index (χ4v) is 4.65. The van der Waals surface area contributed by atoms with Gasteiger partial charge >= 0.3 is 5.97 Å². The normalized spacial score (nSPS) is 31.7. The molecule has 2 bridgehead atoms. The van der Waals surface area contributed by atoms with Crippen LogP contribution in [0.15, 0.2) is 54.6 Å². The number of rotatable bonds is 3. The molecule has 1 spiro atoms. The molecule has 0 aromatic heterocycles. The van der Waals surface area contributed by atoms with Crippen molar-refractivity contribution >= 4 is 28.3 Å². The zero-order valence-electron chi connectivity index (χ0n) is 14.4. The summed E-state index contributed by atoms with van der Waals surface area (Å²) in [5.41, 5.74) is 0.135. The largest absolute Gasteiger partial charge is 0.466 e. The number of carbonyl (C=O) groups excluding carboxylic acids is 2. The Morgan fingerprint density at radius 1 is 1.27 bits per heavy atom. The molecule has 2 aromatic carbocycles. The summed E-state index contributed by atoms with van der Waals surface area (Å²) in [6, 6.07) is 13.9. The molecule has 2 aromatic rings. The molecule has 1 amide bonds. The molecule has 4 atom stereocenters.